The van der Waals surface area contributed by atoms with Gasteiger partial charge in [-0.25, -0.2) is 0 Å². The molecular weight excluding hydrogens is 146 g/mol. The minimum absolute atomic E-state index is 0. The summed E-state index contributed by atoms with van der Waals surface area (Å²) in [6, 6.07) is 0. The molecule has 4 heavy (non-hydrogen) atoms. The van der Waals surface area contributed by atoms with Crippen molar-refractivity contribution in [3.05, 3.63) is 0 Å². The molecule has 0 aromatic heterocycles. The second-order valence-electron chi connectivity index (χ2n) is 0. The van der Waals surface area contributed by atoms with Gasteiger partial charge in [0.2, 0.25) is 0 Å². The molecule has 0 bridgehead atoms. The number of rotatable bonds is 0. The van der Waals surface area contributed by atoms with E-state index in [9.17, 15) is 0 Å². The van der Waals surface area contributed by atoms with Gasteiger partial charge in [-0.15, -0.1) is 0 Å². The summed E-state index contributed by atoms with van der Waals surface area (Å²) in [4.78, 5) is 0. The van der Waals surface area contributed by atoms with Crippen LogP contribution >= 0.6 is 0 Å². The average Bonchev–Trinajstić information content (AvgIpc) is 0. The minimum atomic E-state index is 0. The molecular formula is NaO2Zr+. The zero-order chi connectivity index (χ0) is 0. The molecule has 0 aromatic carbocycles. The number of hydrogen-bond donors (Lipinski definition) is 0. The van der Waals surface area contributed by atoms with Gasteiger partial charge in [0.1, 0.15) is 0 Å². The fraction of sp³-hybridized carbons (Fsp3) is 0. The molecule has 0 aliphatic carbocycles. The second-order valence-corrected chi connectivity index (χ2v) is 0. The van der Waals surface area contributed by atoms with Gasteiger partial charge in [0.15, 0.2) is 0 Å². The van der Waals surface area contributed by atoms with Crippen LogP contribution in [-0.2, 0) is 37.2 Å². The van der Waals surface area contributed by atoms with Crippen LogP contribution in [0.1, 0.15) is 0 Å². The minimum Gasteiger partial charge on any atom is -2.00 e. The fourth-order valence-electron chi connectivity index (χ4n) is 0. The Hall–Kier alpha value is 1.80. The van der Waals surface area contributed by atoms with Crippen molar-refractivity contribution in [1.29, 1.82) is 0 Å². The van der Waals surface area contributed by atoms with Gasteiger partial charge in [-0.2, -0.15) is 0 Å². The van der Waals surface area contributed by atoms with E-state index in [1.165, 1.54) is 0 Å². The molecule has 0 aliphatic rings. The fourth-order valence-corrected chi connectivity index (χ4v) is 0. The van der Waals surface area contributed by atoms with E-state index in [0.717, 1.165) is 0 Å². The van der Waals surface area contributed by atoms with E-state index in [2.05, 4.69) is 0 Å². The van der Waals surface area contributed by atoms with Crippen LogP contribution in [0.25, 0.3) is 0 Å². The molecule has 0 atom stereocenters. The van der Waals surface area contributed by atoms with Crippen molar-refractivity contribution < 1.29 is 66.7 Å². The molecule has 0 aliphatic heterocycles. The average molecular weight is 146 g/mol. The normalized spacial score (nSPS) is 0. The Morgan fingerprint density at radius 1 is 0.750 bits per heavy atom. The van der Waals surface area contributed by atoms with Crippen molar-refractivity contribution in [2.45, 2.75) is 0 Å². The van der Waals surface area contributed by atoms with E-state index in [4.69, 9.17) is 0 Å². The smallest absolute Gasteiger partial charge is 2.00 e. The van der Waals surface area contributed by atoms with Gasteiger partial charge in [-0.3, -0.25) is 0 Å². The van der Waals surface area contributed by atoms with E-state index >= 15 is 0 Å². The van der Waals surface area contributed by atoms with Crippen LogP contribution in [0.15, 0.2) is 0 Å². The predicted molar refractivity (Wildman–Crippen MR) is 1.37 cm³/mol. The first-order valence-corrected chi connectivity index (χ1v) is 0. The van der Waals surface area contributed by atoms with Crippen molar-refractivity contribution in [2.75, 3.05) is 0 Å². The summed E-state index contributed by atoms with van der Waals surface area (Å²) in [5, 5.41) is 0. The van der Waals surface area contributed by atoms with Crippen LogP contribution in [-0.4, -0.2) is 0 Å². The van der Waals surface area contributed by atoms with Crippen molar-refractivity contribution in [3.8, 4) is 0 Å². The SMILES string of the molecule is [Na+].[O-2].[O-2].[Zr+4]. The molecule has 2 nitrogen and oxygen atoms in total. The molecule has 0 saturated carbocycles. The van der Waals surface area contributed by atoms with E-state index in [1.54, 1.807) is 0 Å². The van der Waals surface area contributed by atoms with Crippen LogP contribution < -0.4 is 29.6 Å². The first-order chi connectivity index (χ1) is 0. The van der Waals surface area contributed by atoms with Gasteiger partial charge in [-0.1, -0.05) is 0 Å². The summed E-state index contributed by atoms with van der Waals surface area (Å²) < 4.78 is 0. The Balaban J connectivity index is 0. The van der Waals surface area contributed by atoms with Crippen LogP contribution in [0, 0.1) is 0 Å². The molecule has 0 amide bonds. The van der Waals surface area contributed by atoms with Gasteiger partial charge < -0.3 is 11.0 Å². The van der Waals surface area contributed by atoms with Crippen molar-refractivity contribution >= 4 is 0 Å². The standard InChI is InChI=1S/Na.2O.Zr/q+1;2*-2;+4. The maximum absolute atomic E-state index is 0. The molecule has 0 spiro atoms. The zero-order valence-corrected chi connectivity index (χ0v) is 6.77. The summed E-state index contributed by atoms with van der Waals surface area (Å²) in [5.41, 5.74) is 0. The summed E-state index contributed by atoms with van der Waals surface area (Å²) >= 11 is 0. The molecule has 16 valence electrons. The third-order valence-corrected chi connectivity index (χ3v) is 0. The second kappa shape index (κ2) is 21.4. The van der Waals surface area contributed by atoms with E-state index in [0.29, 0.717) is 0 Å². The van der Waals surface area contributed by atoms with Gasteiger partial charge in [0.05, 0.1) is 0 Å². The van der Waals surface area contributed by atoms with Crippen molar-refractivity contribution in [2.24, 2.45) is 0 Å². The summed E-state index contributed by atoms with van der Waals surface area (Å²) in [6.07, 6.45) is 0. The maximum Gasteiger partial charge on any atom is 4.00 e. The van der Waals surface area contributed by atoms with E-state index in [-0.39, 0.29) is 66.7 Å². The molecule has 0 rings (SSSR count). The first kappa shape index (κ1) is 41.2. The van der Waals surface area contributed by atoms with E-state index < -0.39 is 0 Å². The predicted octanol–water partition coefficient (Wildman–Crippen LogP) is -3.24. The third kappa shape index (κ3) is 9.19. The largest absolute Gasteiger partial charge is 4.00 e. The van der Waals surface area contributed by atoms with Gasteiger partial charge in [-0.05, 0) is 0 Å². The molecule has 4 heteroatoms. The quantitative estimate of drug-likeness (QED) is 0.323. The van der Waals surface area contributed by atoms with Crippen LogP contribution in [0.5, 0.6) is 0 Å². The monoisotopic (exact) mass is 145 g/mol. The Kier molecular flexibility index (Phi) is 220. The van der Waals surface area contributed by atoms with Crippen molar-refractivity contribution in [1.82, 2.24) is 0 Å². The van der Waals surface area contributed by atoms with E-state index in [1.807, 2.05) is 0 Å². The van der Waals surface area contributed by atoms with Crippen LogP contribution in [0.2, 0.25) is 0 Å². The van der Waals surface area contributed by atoms with Gasteiger partial charge >= 0.3 is 55.8 Å². The Bertz CT molecular complexity index is 6.00. The van der Waals surface area contributed by atoms with Crippen LogP contribution in [0.3, 0.4) is 0 Å². The van der Waals surface area contributed by atoms with Gasteiger partial charge in [0.25, 0.3) is 0 Å². The summed E-state index contributed by atoms with van der Waals surface area (Å²) in [6.45, 7) is 0. The molecule has 0 saturated heterocycles. The molecule has 0 aromatic rings. The molecule has 0 unspecified atom stereocenters. The Morgan fingerprint density at radius 3 is 0.750 bits per heavy atom. The van der Waals surface area contributed by atoms with Gasteiger partial charge in [0, 0.05) is 0 Å². The Labute approximate surface area is 66.0 Å². The summed E-state index contributed by atoms with van der Waals surface area (Å²) in [5.74, 6) is 0. The van der Waals surface area contributed by atoms with Crippen LogP contribution in [0.4, 0.5) is 0 Å². The molecule has 0 radical (unpaired) electrons. The molecule has 0 N–H and O–H groups in total. The summed E-state index contributed by atoms with van der Waals surface area (Å²) in [7, 11) is 0. The molecule has 0 heterocycles. The number of hydrogen-bond acceptors (Lipinski definition) is 0. The topological polar surface area (TPSA) is 57.0 Å². The van der Waals surface area contributed by atoms with Crippen molar-refractivity contribution in [3.63, 3.8) is 0 Å². The maximum atomic E-state index is 0. The zero-order valence-electron chi connectivity index (χ0n) is 2.32. The Morgan fingerprint density at radius 2 is 0.750 bits per heavy atom. The molecule has 0 fully saturated rings. The first-order valence-electron chi connectivity index (χ1n) is 0. The third-order valence-electron chi connectivity index (χ3n) is 0.